The summed E-state index contributed by atoms with van der Waals surface area (Å²) in [7, 11) is 1.96. The van der Waals surface area contributed by atoms with Crippen molar-refractivity contribution in [1.82, 2.24) is 10.3 Å². The van der Waals surface area contributed by atoms with E-state index in [0.29, 0.717) is 0 Å². The third-order valence-corrected chi connectivity index (χ3v) is 3.60. The van der Waals surface area contributed by atoms with Gasteiger partial charge in [-0.1, -0.05) is 29.3 Å². The molecule has 94 valence electrons. The van der Waals surface area contributed by atoms with E-state index in [1.54, 1.807) is 0 Å². The molecule has 0 spiro atoms. The number of halogens is 1. The highest BCUT2D eigenvalue weighted by Crippen LogP contribution is 2.27. The minimum atomic E-state index is 0.110. The van der Waals surface area contributed by atoms with Gasteiger partial charge < -0.3 is 5.32 Å². The maximum absolute atomic E-state index is 4.48. The van der Waals surface area contributed by atoms with Gasteiger partial charge in [-0.2, -0.15) is 0 Å². The van der Waals surface area contributed by atoms with Crippen molar-refractivity contribution in [3.05, 3.63) is 63.4 Å². The summed E-state index contributed by atoms with van der Waals surface area (Å²) in [4.78, 5) is 4.48. The molecular weight excluding hydrogens is 288 g/mol. The highest BCUT2D eigenvalue weighted by atomic mass is 79.9. The minimum absolute atomic E-state index is 0.110. The lowest BCUT2D eigenvalue weighted by Gasteiger charge is -2.18. The SMILES string of the molecule is CNC(c1cc(C)cc(C)c1)c1ncccc1Br. The summed E-state index contributed by atoms with van der Waals surface area (Å²) in [5, 5.41) is 3.34. The quantitative estimate of drug-likeness (QED) is 0.933. The van der Waals surface area contributed by atoms with Crippen LogP contribution < -0.4 is 5.32 Å². The zero-order chi connectivity index (χ0) is 13.1. The number of nitrogens with one attached hydrogen (secondary N) is 1. The first-order valence-electron chi connectivity index (χ1n) is 5.97. The van der Waals surface area contributed by atoms with E-state index in [1.165, 1.54) is 16.7 Å². The molecule has 1 N–H and O–H groups in total. The van der Waals surface area contributed by atoms with Crippen molar-refractivity contribution in [2.45, 2.75) is 19.9 Å². The fraction of sp³-hybridized carbons (Fsp3) is 0.267. The Hall–Kier alpha value is -1.19. The summed E-state index contributed by atoms with van der Waals surface area (Å²) < 4.78 is 1.03. The Kier molecular flexibility index (Phi) is 4.15. The molecule has 0 amide bonds. The second-order valence-electron chi connectivity index (χ2n) is 4.51. The summed E-state index contributed by atoms with van der Waals surface area (Å²) >= 11 is 3.57. The molecule has 1 atom stereocenters. The normalized spacial score (nSPS) is 12.4. The Morgan fingerprint density at radius 2 is 1.83 bits per heavy atom. The summed E-state index contributed by atoms with van der Waals surface area (Å²) in [6.45, 7) is 4.24. The van der Waals surface area contributed by atoms with Crippen LogP contribution in [0.2, 0.25) is 0 Å². The van der Waals surface area contributed by atoms with Gasteiger partial charge in [-0.25, -0.2) is 0 Å². The largest absolute Gasteiger partial charge is 0.308 e. The van der Waals surface area contributed by atoms with E-state index < -0.39 is 0 Å². The fourth-order valence-corrected chi connectivity index (χ4v) is 2.73. The Labute approximate surface area is 117 Å². The Balaban J connectivity index is 2.48. The first kappa shape index (κ1) is 13.2. The maximum Gasteiger partial charge on any atom is 0.0760 e. The summed E-state index contributed by atoms with van der Waals surface area (Å²) in [6, 6.07) is 10.7. The lowest BCUT2D eigenvalue weighted by atomic mass is 9.99. The van der Waals surface area contributed by atoms with Crippen molar-refractivity contribution < 1.29 is 0 Å². The Bertz CT molecular complexity index is 532. The molecule has 2 rings (SSSR count). The Morgan fingerprint density at radius 3 is 2.39 bits per heavy atom. The zero-order valence-electron chi connectivity index (χ0n) is 10.9. The summed E-state index contributed by atoms with van der Waals surface area (Å²) in [5.74, 6) is 0. The van der Waals surface area contributed by atoms with Gasteiger partial charge in [0.1, 0.15) is 0 Å². The van der Waals surface area contributed by atoms with Crippen LogP contribution in [0.5, 0.6) is 0 Å². The number of benzene rings is 1. The van der Waals surface area contributed by atoms with Gasteiger partial charge in [0.05, 0.1) is 11.7 Å². The molecule has 1 aromatic carbocycles. The van der Waals surface area contributed by atoms with Crippen LogP contribution in [-0.2, 0) is 0 Å². The minimum Gasteiger partial charge on any atom is -0.308 e. The molecule has 0 aliphatic heterocycles. The van der Waals surface area contributed by atoms with E-state index in [4.69, 9.17) is 0 Å². The number of pyridine rings is 1. The van der Waals surface area contributed by atoms with Crippen molar-refractivity contribution in [2.75, 3.05) is 7.05 Å². The van der Waals surface area contributed by atoms with Crippen molar-refractivity contribution in [2.24, 2.45) is 0 Å². The average molecular weight is 305 g/mol. The van der Waals surface area contributed by atoms with Crippen LogP contribution in [0.25, 0.3) is 0 Å². The molecule has 0 saturated heterocycles. The van der Waals surface area contributed by atoms with Crippen molar-refractivity contribution in [3.63, 3.8) is 0 Å². The van der Waals surface area contributed by atoms with E-state index in [0.717, 1.165) is 10.2 Å². The Morgan fingerprint density at radius 1 is 1.17 bits per heavy atom. The first-order chi connectivity index (χ1) is 8.61. The molecule has 3 heteroatoms. The third-order valence-electron chi connectivity index (χ3n) is 2.93. The van der Waals surface area contributed by atoms with Crippen molar-refractivity contribution >= 4 is 15.9 Å². The van der Waals surface area contributed by atoms with Crippen LogP contribution in [0.15, 0.2) is 41.0 Å². The maximum atomic E-state index is 4.48. The zero-order valence-corrected chi connectivity index (χ0v) is 12.5. The van der Waals surface area contributed by atoms with Gasteiger partial charge in [0.25, 0.3) is 0 Å². The molecule has 1 heterocycles. The van der Waals surface area contributed by atoms with E-state index in [2.05, 4.69) is 58.3 Å². The van der Waals surface area contributed by atoms with Gasteiger partial charge in [0, 0.05) is 10.7 Å². The molecule has 0 radical (unpaired) electrons. The monoisotopic (exact) mass is 304 g/mol. The highest BCUT2D eigenvalue weighted by Gasteiger charge is 2.16. The smallest absolute Gasteiger partial charge is 0.0760 e. The van der Waals surface area contributed by atoms with Crippen LogP contribution in [0.3, 0.4) is 0 Å². The van der Waals surface area contributed by atoms with Crippen LogP contribution in [0.1, 0.15) is 28.4 Å². The number of nitrogens with zero attached hydrogens (tertiary/aromatic N) is 1. The van der Waals surface area contributed by atoms with Crippen LogP contribution in [0.4, 0.5) is 0 Å². The third kappa shape index (κ3) is 2.79. The van der Waals surface area contributed by atoms with Gasteiger partial charge in [-0.05, 0) is 54.5 Å². The highest BCUT2D eigenvalue weighted by molar-refractivity contribution is 9.10. The predicted octanol–water partition coefficient (Wildman–Crippen LogP) is 3.77. The van der Waals surface area contributed by atoms with Gasteiger partial charge >= 0.3 is 0 Å². The van der Waals surface area contributed by atoms with E-state index in [1.807, 2.05) is 25.4 Å². The number of rotatable bonds is 3. The van der Waals surface area contributed by atoms with E-state index in [9.17, 15) is 0 Å². The lowest BCUT2D eigenvalue weighted by Crippen LogP contribution is -2.19. The second kappa shape index (κ2) is 5.63. The van der Waals surface area contributed by atoms with Crippen LogP contribution in [-0.4, -0.2) is 12.0 Å². The molecule has 0 bridgehead atoms. The van der Waals surface area contributed by atoms with Crippen LogP contribution in [0, 0.1) is 13.8 Å². The molecule has 0 aliphatic rings. The van der Waals surface area contributed by atoms with Gasteiger partial charge in [0.2, 0.25) is 0 Å². The lowest BCUT2D eigenvalue weighted by molar-refractivity contribution is 0.666. The molecule has 18 heavy (non-hydrogen) atoms. The molecule has 0 aliphatic carbocycles. The molecular formula is C15H17BrN2. The number of hydrogen-bond acceptors (Lipinski definition) is 2. The molecule has 0 saturated carbocycles. The molecule has 2 aromatic rings. The number of hydrogen-bond donors (Lipinski definition) is 1. The standard InChI is InChI=1S/C15H17BrN2/c1-10-7-11(2)9-12(8-10)14(17-3)15-13(16)5-4-6-18-15/h4-9,14,17H,1-3H3. The number of aromatic nitrogens is 1. The number of aryl methyl sites for hydroxylation is 2. The van der Waals surface area contributed by atoms with E-state index >= 15 is 0 Å². The van der Waals surface area contributed by atoms with E-state index in [-0.39, 0.29) is 6.04 Å². The summed E-state index contributed by atoms with van der Waals surface area (Å²) in [6.07, 6.45) is 1.83. The van der Waals surface area contributed by atoms with Crippen LogP contribution >= 0.6 is 15.9 Å². The van der Waals surface area contributed by atoms with Gasteiger partial charge in [0.15, 0.2) is 0 Å². The average Bonchev–Trinajstić information content (AvgIpc) is 2.31. The molecule has 1 aromatic heterocycles. The van der Waals surface area contributed by atoms with Crippen molar-refractivity contribution in [1.29, 1.82) is 0 Å². The first-order valence-corrected chi connectivity index (χ1v) is 6.77. The topological polar surface area (TPSA) is 24.9 Å². The van der Waals surface area contributed by atoms with Crippen molar-refractivity contribution in [3.8, 4) is 0 Å². The molecule has 2 nitrogen and oxygen atoms in total. The second-order valence-corrected chi connectivity index (χ2v) is 5.37. The van der Waals surface area contributed by atoms with Gasteiger partial charge in [-0.3, -0.25) is 4.98 Å². The molecule has 1 unspecified atom stereocenters. The summed E-state index contributed by atoms with van der Waals surface area (Å²) in [5.41, 5.74) is 4.81. The predicted molar refractivity (Wildman–Crippen MR) is 78.8 cm³/mol. The van der Waals surface area contributed by atoms with Gasteiger partial charge in [-0.15, -0.1) is 0 Å². The fourth-order valence-electron chi connectivity index (χ4n) is 2.25. The molecule has 0 fully saturated rings.